The Morgan fingerprint density at radius 3 is 2.80 bits per heavy atom. The van der Waals surface area contributed by atoms with Crippen LogP contribution in [-0.4, -0.2) is 30.6 Å². The van der Waals surface area contributed by atoms with Gasteiger partial charge in [0.15, 0.2) is 0 Å². The third kappa shape index (κ3) is 7.10. The first-order chi connectivity index (χ1) is 4.77. The Hall–Kier alpha value is -0.900. The summed E-state index contributed by atoms with van der Waals surface area (Å²) in [6, 6.07) is 0. The number of carboxylic acid groups (broad SMARTS) is 1. The van der Waals surface area contributed by atoms with E-state index >= 15 is 0 Å². The Kier molecular flexibility index (Phi) is 5.66. The van der Waals surface area contributed by atoms with Crippen molar-refractivity contribution in [3.63, 3.8) is 0 Å². The van der Waals surface area contributed by atoms with Crippen molar-refractivity contribution in [2.24, 2.45) is 0 Å². The van der Waals surface area contributed by atoms with E-state index in [2.05, 4.69) is 4.74 Å². The summed E-state index contributed by atoms with van der Waals surface area (Å²) in [6.07, 6.45) is 1.81. The van der Waals surface area contributed by atoms with Gasteiger partial charge >= 0.3 is 5.97 Å². The normalized spacial score (nSPS) is 9.20. The standard InChI is InChI=1S/C6H10O4/c7-3-1-2-4-10-5-6(8)9/h3H,1-2,4-5H2,(H,8,9). The molecule has 0 bridgehead atoms. The second-order valence-corrected chi connectivity index (χ2v) is 1.76. The summed E-state index contributed by atoms with van der Waals surface area (Å²) in [7, 11) is 0. The average Bonchev–Trinajstić information content (AvgIpc) is 1.87. The molecule has 0 spiro atoms. The van der Waals surface area contributed by atoms with Crippen LogP contribution in [0.25, 0.3) is 0 Å². The molecule has 0 aliphatic heterocycles. The number of carboxylic acids is 1. The number of carbonyl (C=O) groups excluding carboxylic acids is 1. The van der Waals surface area contributed by atoms with Crippen molar-refractivity contribution in [2.45, 2.75) is 12.8 Å². The topological polar surface area (TPSA) is 63.6 Å². The fourth-order valence-electron chi connectivity index (χ4n) is 0.428. The molecule has 0 aromatic rings. The lowest BCUT2D eigenvalue weighted by Crippen LogP contribution is -2.07. The minimum atomic E-state index is -0.980. The number of hydrogen-bond acceptors (Lipinski definition) is 3. The largest absolute Gasteiger partial charge is 0.480 e. The quantitative estimate of drug-likeness (QED) is 0.425. The second-order valence-electron chi connectivity index (χ2n) is 1.76. The van der Waals surface area contributed by atoms with Crippen LogP contribution in [0.15, 0.2) is 0 Å². The molecule has 0 heterocycles. The highest BCUT2D eigenvalue weighted by atomic mass is 16.5. The molecule has 0 aliphatic rings. The van der Waals surface area contributed by atoms with Crippen molar-refractivity contribution in [1.29, 1.82) is 0 Å². The van der Waals surface area contributed by atoms with E-state index in [1.165, 1.54) is 0 Å². The van der Waals surface area contributed by atoms with E-state index in [1.807, 2.05) is 0 Å². The van der Waals surface area contributed by atoms with E-state index in [1.54, 1.807) is 0 Å². The number of hydrogen-bond donors (Lipinski definition) is 1. The maximum Gasteiger partial charge on any atom is 0.329 e. The number of aldehydes is 1. The minimum Gasteiger partial charge on any atom is -0.480 e. The summed E-state index contributed by atoms with van der Waals surface area (Å²) in [5, 5.41) is 8.08. The number of rotatable bonds is 6. The molecule has 4 heteroatoms. The van der Waals surface area contributed by atoms with E-state index in [9.17, 15) is 9.59 Å². The van der Waals surface area contributed by atoms with Crippen molar-refractivity contribution in [3.05, 3.63) is 0 Å². The van der Waals surface area contributed by atoms with Crippen LogP contribution in [0, 0.1) is 0 Å². The van der Waals surface area contributed by atoms with Crippen LogP contribution in [0.2, 0.25) is 0 Å². The van der Waals surface area contributed by atoms with Crippen LogP contribution in [0.5, 0.6) is 0 Å². The van der Waals surface area contributed by atoms with Crippen molar-refractivity contribution in [2.75, 3.05) is 13.2 Å². The summed E-state index contributed by atoms with van der Waals surface area (Å²) in [5.74, 6) is -0.980. The predicted molar refractivity (Wildman–Crippen MR) is 33.8 cm³/mol. The van der Waals surface area contributed by atoms with Gasteiger partial charge in [-0.05, 0) is 6.42 Å². The Bertz CT molecular complexity index is 110. The molecule has 0 amide bonds. The first-order valence-corrected chi connectivity index (χ1v) is 3.00. The van der Waals surface area contributed by atoms with Crippen LogP contribution < -0.4 is 0 Å². The SMILES string of the molecule is O=CCCCOCC(=O)O. The zero-order valence-corrected chi connectivity index (χ0v) is 5.58. The van der Waals surface area contributed by atoms with Crippen molar-refractivity contribution >= 4 is 12.3 Å². The molecule has 58 valence electrons. The lowest BCUT2D eigenvalue weighted by Gasteiger charge is -1.96. The van der Waals surface area contributed by atoms with Crippen LogP contribution in [-0.2, 0) is 14.3 Å². The maximum absolute atomic E-state index is 9.84. The molecule has 0 aliphatic carbocycles. The van der Waals surface area contributed by atoms with Gasteiger partial charge < -0.3 is 14.6 Å². The van der Waals surface area contributed by atoms with Gasteiger partial charge in [-0.3, -0.25) is 0 Å². The third-order valence-corrected chi connectivity index (χ3v) is 0.836. The smallest absolute Gasteiger partial charge is 0.329 e. The Balaban J connectivity index is 2.90. The molecule has 0 aromatic heterocycles. The number of aliphatic carboxylic acids is 1. The molecule has 0 atom stereocenters. The van der Waals surface area contributed by atoms with E-state index in [0.717, 1.165) is 6.29 Å². The van der Waals surface area contributed by atoms with Crippen molar-refractivity contribution in [1.82, 2.24) is 0 Å². The molecule has 1 N–H and O–H groups in total. The van der Waals surface area contributed by atoms with E-state index in [-0.39, 0.29) is 6.61 Å². The Labute approximate surface area is 58.8 Å². The number of ether oxygens (including phenoxy) is 1. The molecule has 10 heavy (non-hydrogen) atoms. The lowest BCUT2D eigenvalue weighted by atomic mass is 10.3. The predicted octanol–water partition coefficient (Wildman–Crippen LogP) is 0.0667. The minimum absolute atomic E-state index is 0.279. The maximum atomic E-state index is 9.84. The summed E-state index contributed by atoms with van der Waals surface area (Å²) < 4.78 is 4.64. The molecule has 0 aromatic carbocycles. The average molecular weight is 146 g/mol. The van der Waals surface area contributed by atoms with Gasteiger partial charge in [-0.2, -0.15) is 0 Å². The van der Waals surface area contributed by atoms with Crippen LogP contribution in [0.1, 0.15) is 12.8 Å². The Morgan fingerprint density at radius 2 is 2.30 bits per heavy atom. The summed E-state index contributed by atoms with van der Waals surface area (Å²) in [5.41, 5.74) is 0. The number of carbonyl (C=O) groups is 2. The second kappa shape index (κ2) is 6.22. The highest BCUT2D eigenvalue weighted by Gasteiger charge is 1.94. The fraction of sp³-hybridized carbons (Fsp3) is 0.667. The summed E-state index contributed by atoms with van der Waals surface area (Å²) >= 11 is 0. The van der Waals surface area contributed by atoms with Gasteiger partial charge in [-0.15, -0.1) is 0 Å². The van der Waals surface area contributed by atoms with E-state index < -0.39 is 5.97 Å². The van der Waals surface area contributed by atoms with Crippen LogP contribution in [0.3, 0.4) is 0 Å². The van der Waals surface area contributed by atoms with Gasteiger partial charge in [0.25, 0.3) is 0 Å². The zero-order valence-electron chi connectivity index (χ0n) is 5.58. The molecular weight excluding hydrogens is 136 g/mol. The van der Waals surface area contributed by atoms with Crippen LogP contribution in [0.4, 0.5) is 0 Å². The van der Waals surface area contributed by atoms with Gasteiger partial charge in [0, 0.05) is 13.0 Å². The Morgan fingerprint density at radius 1 is 1.60 bits per heavy atom. The number of unbranched alkanes of at least 4 members (excludes halogenated alkanes) is 1. The molecule has 0 radical (unpaired) electrons. The van der Waals surface area contributed by atoms with Gasteiger partial charge in [0.1, 0.15) is 12.9 Å². The van der Waals surface area contributed by atoms with Crippen molar-refractivity contribution in [3.8, 4) is 0 Å². The molecule has 0 saturated heterocycles. The van der Waals surface area contributed by atoms with Gasteiger partial charge in [0.05, 0.1) is 0 Å². The molecule has 0 fully saturated rings. The molecule has 4 nitrogen and oxygen atoms in total. The fourth-order valence-corrected chi connectivity index (χ4v) is 0.428. The zero-order chi connectivity index (χ0) is 7.82. The molecule has 0 unspecified atom stereocenters. The third-order valence-electron chi connectivity index (χ3n) is 0.836. The van der Waals surface area contributed by atoms with Crippen molar-refractivity contribution < 1.29 is 19.4 Å². The molecule has 0 rings (SSSR count). The molecule has 0 saturated carbocycles. The highest BCUT2D eigenvalue weighted by Crippen LogP contribution is 1.85. The van der Waals surface area contributed by atoms with E-state index in [4.69, 9.17) is 5.11 Å². The van der Waals surface area contributed by atoms with Crippen LogP contribution >= 0.6 is 0 Å². The van der Waals surface area contributed by atoms with Gasteiger partial charge in [-0.25, -0.2) is 4.79 Å². The first-order valence-electron chi connectivity index (χ1n) is 3.00. The monoisotopic (exact) mass is 146 g/mol. The first kappa shape index (κ1) is 9.10. The summed E-state index contributed by atoms with van der Waals surface area (Å²) in [4.78, 5) is 19.6. The van der Waals surface area contributed by atoms with Gasteiger partial charge in [-0.1, -0.05) is 0 Å². The highest BCUT2D eigenvalue weighted by molar-refractivity contribution is 5.67. The van der Waals surface area contributed by atoms with Gasteiger partial charge in [0.2, 0.25) is 0 Å². The van der Waals surface area contributed by atoms with E-state index in [0.29, 0.717) is 19.4 Å². The summed E-state index contributed by atoms with van der Waals surface area (Å²) in [6.45, 7) is 0.0594. The molecular formula is C6H10O4. The lowest BCUT2D eigenvalue weighted by molar-refractivity contribution is -0.142.